The highest BCUT2D eigenvalue weighted by molar-refractivity contribution is 6.18. The maximum atomic E-state index is 11.3. The fourth-order valence-corrected chi connectivity index (χ4v) is 1.44. The second-order valence-electron chi connectivity index (χ2n) is 3.12. The van der Waals surface area contributed by atoms with E-state index >= 15 is 0 Å². The lowest BCUT2D eigenvalue weighted by molar-refractivity contribution is -0.133. The zero-order chi connectivity index (χ0) is 10.8. The Morgan fingerprint density at radius 3 is 2.87 bits per heavy atom. The number of ether oxygens (including phenoxy) is 1. The molecule has 0 amide bonds. The van der Waals surface area contributed by atoms with Gasteiger partial charge in [-0.15, -0.1) is 0 Å². The molecule has 2 aromatic rings. The number of fused-ring (bicyclic) bond motifs is 1. The lowest BCUT2D eigenvalue weighted by atomic mass is 10.1. The van der Waals surface area contributed by atoms with Crippen LogP contribution in [0.1, 0.15) is 5.76 Å². The summed E-state index contributed by atoms with van der Waals surface area (Å²) in [6.45, 7) is 3.65. The molecule has 0 fully saturated rings. The molecule has 1 aromatic carbocycles. The topological polar surface area (TPSA) is 39.4 Å². The molecular weight excluding hydrogens is 192 g/mol. The van der Waals surface area contributed by atoms with Gasteiger partial charge in [-0.3, -0.25) is 0 Å². The average Bonchev–Trinajstić information content (AvgIpc) is 2.70. The van der Waals surface area contributed by atoms with E-state index in [0.29, 0.717) is 5.76 Å². The number of furan rings is 1. The SMILES string of the molecule is C=C(C(=O)OC)c1occ2ccccc12. The van der Waals surface area contributed by atoms with Crippen LogP contribution in [0.15, 0.2) is 41.5 Å². The van der Waals surface area contributed by atoms with Gasteiger partial charge in [0.2, 0.25) is 0 Å². The minimum Gasteiger partial charge on any atom is -0.465 e. The van der Waals surface area contributed by atoms with Crippen LogP contribution in [0.4, 0.5) is 0 Å². The van der Waals surface area contributed by atoms with Gasteiger partial charge in [-0.1, -0.05) is 30.8 Å². The van der Waals surface area contributed by atoms with Gasteiger partial charge in [0.1, 0.15) is 5.76 Å². The van der Waals surface area contributed by atoms with Gasteiger partial charge in [0.15, 0.2) is 0 Å². The number of methoxy groups -OCH3 is 1. The first-order chi connectivity index (χ1) is 7.24. The van der Waals surface area contributed by atoms with Crippen molar-refractivity contribution in [3.63, 3.8) is 0 Å². The van der Waals surface area contributed by atoms with E-state index in [4.69, 9.17) is 4.42 Å². The molecule has 76 valence electrons. The van der Waals surface area contributed by atoms with Crippen LogP contribution in [0.2, 0.25) is 0 Å². The first kappa shape index (κ1) is 9.52. The largest absolute Gasteiger partial charge is 0.465 e. The Morgan fingerprint density at radius 1 is 1.40 bits per heavy atom. The van der Waals surface area contributed by atoms with Gasteiger partial charge >= 0.3 is 5.97 Å². The Labute approximate surface area is 87.0 Å². The van der Waals surface area contributed by atoms with Crippen LogP contribution in [0.3, 0.4) is 0 Å². The highest BCUT2D eigenvalue weighted by Crippen LogP contribution is 2.26. The predicted octanol–water partition coefficient (Wildman–Crippen LogP) is 2.62. The monoisotopic (exact) mass is 202 g/mol. The van der Waals surface area contributed by atoms with E-state index in [-0.39, 0.29) is 5.57 Å². The molecule has 1 heterocycles. The van der Waals surface area contributed by atoms with Crippen molar-refractivity contribution in [2.45, 2.75) is 0 Å². The summed E-state index contributed by atoms with van der Waals surface area (Å²) in [5, 5.41) is 1.81. The summed E-state index contributed by atoms with van der Waals surface area (Å²) in [4.78, 5) is 11.3. The lowest BCUT2D eigenvalue weighted by Gasteiger charge is -1.99. The molecular formula is C12H10O3. The minimum absolute atomic E-state index is 0.235. The maximum Gasteiger partial charge on any atom is 0.341 e. The Morgan fingerprint density at radius 2 is 2.13 bits per heavy atom. The molecule has 0 radical (unpaired) electrons. The molecule has 0 spiro atoms. The second-order valence-corrected chi connectivity index (χ2v) is 3.12. The van der Waals surface area contributed by atoms with Crippen molar-refractivity contribution in [1.29, 1.82) is 0 Å². The Balaban J connectivity index is 2.53. The quantitative estimate of drug-likeness (QED) is 0.555. The molecule has 0 unspecified atom stereocenters. The van der Waals surface area contributed by atoms with Gasteiger partial charge < -0.3 is 9.15 Å². The molecule has 3 nitrogen and oxygen atoms in total. The summed E-state index contributed by atoms with van der Waals surface area (Å²) >= 11 is 0. The Hall–Kier alpha value is -2.03. The number of hydrogen-bond acceptors (Lipinski definition) is 3. The molecule has 3 heteroatoms. The zero-order valence-corrected chi connectivity index (χ0v) is 8.32. The molecule has 0 aliphatic rings. The van der Waals surface area contributed by atoms with Crippen molar-refractivity contribution in [2.75, 3.05) is 7.11 Å². The Kier molecular flexibility index (Phi) is 2.29. The summed E-state index contributed by atoms with van der Waals surface area (Å²) in [5.74, 6) is -0.00690. The van der Waals surface area contributed by atoms with E-state index in [2.05, 4.69) is 11.3 Å². The van der Waals surface area contributed by atoms with Gasteiger partial charge in [-0.05, 0) is 0 Å². The van der Waals surface area contributed by atoms with Gasteiger partial charge in [-0.25, -0.2) is 4.79 Å². The molecule has 0 aliphatic carbocycles. The van der Waals surface area contributed by atoms with E-state index in [1.165, 1.54) is 7.11 Å². The minimum atomic E-state index is -0.477. The van der Waals surface area contributed by atoms with Gasteiger partial charge in [0.05, 0.1) is 18.9 Å². The number of carbonyl (C=O) groups excluding carboxylic acids is 1. The highest BCUT2D eigenvalue weighted by atomic mass is 16.5. The van der Waals surface area contributed by atoms with E-state index in [1.54, 1.807) is 6.26 Å². The van der Waals surface area contributed by atoms with Crippen LogP contribution in [0.25, 0.3) is 16.3 Å². The number of carbonyl (C=O) groups is 1. The molecule has 0 N–H and O–H groups in total. The lowest BCUT2D eigenvalue weighted by Crippen LogP contribution is -2.01. The van der Waals surface area contributed by atoms with Gasteiger partial charge in [0, 0.05) is 10.8 Å². The van der Waals surface area contributed by atoms with Crippen LogP contribution in [0.5, 0.6) is 0 Å². The summed E-state index contributed by atoms with van der Waals surface area (Å²) in [5.41, 5.74) is 0.235. The number of hydrogen-bond donors (Lipinski definition) is 0. The van der Waals surface area contributed by atoms with E-state index in [0.717, 1.165) is 10.8 Å². The summed E-state index contributed by atoms with van der Waals surface area (Å²) in [6, 6.07) is 7.57. The fraction of sp³-hybridized carbons (Fsp3) is 0.0833. The van der Waals surface area contributed by atoms with E-state index < -0.39 is 5.97 Å². The summed E-state index contributed by atoms with van der Waals surface area (Å²) in [6.07, 6.45) is 1.60. The maximum absolute atomic E-state index is 11.3. The normalized spacial score (nSPS) is 10.2. The van der Waals surface area contributed by atoms with Crippen LogP contribution < -0.4 is 0 Å². The summed E-state index contributed by atoms with van der Waals surface area (Å²) < 4.78 is 9.89. The molecule has 0 atom stereocenters. The molecule has 15 heavy (non-hydrogen) atoms. The highest BCUT2D eigenvalue weighted by Gasteiger charge is 2.15. The standard InChI is InChI=1S/C12H10O3/c1-8(12(13)14-2)11-10-6-4-3-5-9(10)7-15-11/h3-7H,1H2,2H3. The van der Waals surface area contributed by atoms with Crippen molar-refractivity contribution >= 4 is 22.3 Å². The smallest absolute Gasteiger partial charge is 0.341 e. The van der Waals surface area contributed by atoms with Crippen molar-refractivity contribution in [3.8, 4) is 0 Å². The third-order valence-electron chi connectivity index (χ3n) is 2.22. The Bertz CT molecular complexity index is 522. The zero-order valence-electron chi connectivity index (χ0n) is 8.32. The van der Waals surface area contributed by atoms with Crippen molar-refractivity contribution in [3.05, 3.63) is 42.9 Å². The molecule has 1 aromatic heterocycles. The number of esters is 1. The van der Waals surface area contributed by atoms with Crippen LogP contribution in [-0.2, 0) is 9.53 Å². The van der Waals surface area contributed by atoms with Gasteiger partial charge in [-0.2, -0.15) is 0 Å². The van der Waals surface area contributed by atoms with Gasteiger partial charge in [0.25, 0.3) is 0 Å². The predicted molar refractivity (Wildman–Crippen MR) is 57.3 cm³/mol. The molecule has 0 saturated carbocycles. The number of benzene rings is 1. The molecule has 0 bridgehead atoms. The summed E-state index contributed by atoms with van der Waals surface area (Å²) in [7, 11) is 1.32. The first-order valence-corrected chi connectivity index (χ1v) is 4.48. The van der Waals surface area contributed by atoms with Crippen molar-refractivity contribution in [1.82, 2.24) is 0 Å². The average molecular weight is 202 g/mol. The van der Waals surface area contributed by atoms with E-state index in [9.17, 15) is 4.79 Å². The first-order valence-electron chi connectivity index (χ1n) is 4.48. The second kappa shape index (κ2) is 3.61. The fourth-order valence-electron chi connectivity index (χ4n) is 1.44. The third kappa shape index (κ3) is 1.52. The van der Waals surface area contributed by atoms with E-state index in [1.807, 2.05) is 24.3 Å². The van der Waals surface area contributed by atoms with Crippen molar-refractivity contribution in [2.24, 2.45) is 0 Å². The third-order valence-corrected chi connectivity index (χ3v) is 2.22. The van der Waals surface area contributed by atoms with Crippen LogP contribution in [-0.4, -0.2) is 13.1 Å². The van der Waals surface area contributed by atoms with Crippen LogP contribution in [0, 0.1) is 0 Å². The van der Waals surface area contributed by atoms with Crippen LogP contribution >= 0.6 is 0 Å². The molecule has 0 saturated heterocycles. The molecule has 0 aliphatic heterocycles. The number of rotatable bonds is 2. The van der Waals surface area contributed by atoms with Crippen molar-refractivity contribution < 1.29 is 13.9 Å². The molecule has 2 rings (SSSR count).